The van der Waals surface area contributed by atoms with Crippen LogP contribution in [0.3, 0.4) is 0 Å². The van der Waals surface area contributed by atoms with Crippen LogP contribution in [0.2, 0.25) is 0 Å². The van der Waals surface area contributed by atoms with Crippen molar-refractivity contribution in [2.45, 2.75) is 12.8 Å². The number of carbonyl (C=O) groups excluding carboxylic acids is 4. The Balaban J connectivity index is 1.78. The van der Waals surface area contributed by atoms with Crippen molar-refractivity contribution >= 4 is 45.0 Å². The molecule has 1 aliphatic heterocycles. The Kier molecular flexibility index (Phi) is 3.96. The van der Waals surface area contributed by atoms with Crippen molar-refractivity contribution < 1.29 is 19.2 Å². The molecule has 0 fully saturated rings. The van der Waals surface area contributed by atoms with Crippen molar-refractivity contribution in [3.63, 3.8) is 0 Å². The van der Waals surface area contributed by atoms with E-state index in [0.29, 0.717) is 17.6 Å². The number of carbonyl (C=O) groups is 4. The summed E-state index contributed by atoms with van der Waals surface area (Å²) in [5.41, 5.74) is 1.89. The Bertz CT molecular complexity index is 823. The Hall–Kier alpha value is -2.54. The van der Waals surface area contributed by atoms with Gasteiger partial charge >= 0.3 is 0 Å². The molecule has 6 nitrogen and oxygen atoms in total. The van der Waals surface area contributed by atoms with E-state index in [4.69, 9.17) is 0 Å². The zero-order chi connectivity index (χ0) is 16.6. The Morgan fingerprint density at radius 2 is 1.91 bits per heavy atom. The largest absolute Gasteiger partial charge is 0.315 e. The number of halogens is 1. The summed E-state index contributed by atoms with van der Waals surface area (Å²) in [4.78, 5) is 47.1. The predicted molar refractivity (Wildman–Crippen MR) is 84.8 cm³/mol. The third-order valence-corrected chi connectivity index (χ3v) is 4.07. The van der Waals surface area contributed by atoms with Gasteiger partial charge in [-0.3, -0.25) is 24.5 Å². The van der Waals surface area contributed by atoms with E-state index in [9.17, 15) is 19.2 Å². The molecule has 116 valence electrons. The number of fused-ring (bicyclic) bond motifs is 1. The van der Waals surface area contributed by atoms with E-state index in [2.05, 4.69) is 26.6 Å². The van der Waals surface area contributed by atoms with Crippen LogP contribution in [-0.2, 0) is 25.6 Å². The number of Topliss-reactive ketones (excluding diaryl/α,β-unsaturated/α-hetero) is 1. The van der Waals surface area contributed by atoms with Gasteiger partial charge in [0.2, 0.25) is 5.91 Å². The van der Waals surface area contributed by atoms with Crippen molar-refractivity contribution in [2.24, 2.45) is 0 Å². The summed E-state index contributed by atoms with van der Waals surface area (Å²) in [7, 11) is 0. The van der Waals surface area contributed by atoms with Crippen LogP contribution >= 0.6 is 15.9 Å². The van der Waals surface area contributed by atoms with Gasteiger partial charge in [-0.15, -0.1) is 0 Å². The first kappa shape index (κ1) is 15.4. The van der Waals surface area contributed by atoms with Gasteiger partial charge in [0.1, 0.15) is 5.70 Å². The van der Waals surface area contributed by atoms with Crippen LogP contribution in [0.4, 0.5) is 0 Å². The van der Waals surface area contributed by atoms with Crippen LogP contribution in [0.5, 0.6) is 0 Å². The first-order valence-electron chi connectivity index (χ1n) is 6.84. The standard InChI is InChI=1S/C16H11BrN2O4/c17-9-3-1-8-2-4-10(11(8)7-9)14(21)16(23)18-12-5-6-13(20)19-15(12)22/h1,3-5,7H,2,6H2,(H,18,23)(H,19,20,22). The second-order valence-corrected chi connectivity index (χ2v) is 6.02. The molecule has 7 heteroatoms. The number of rotatable bonds is 3. The van der Waals surface area contributed by atoms with Crippen molar-refractivity contribution in [1.29, 1.82) is 0 Å². The number of benzene rings is 1. The van der Waals surface area contributed by atoms with Crippen LogP contribution in [0, 0.1) is 0 Å². The molecule has 1 heterocycles. The molecule has 23 heavy (non-hydrogen) atoms. The molecule has 0 spiro atoms. The third kappa shape index (κ3) is 3.00. The SMILES string of the molecule is O=C1CC=C(NC(=O)C(=O)C2=CCc3ccc(Br)cc32)C(=O)N1. The molecular formula is C16H11BrN2O4. The number of hydrogen-bond donors (Lipinski definition) is 2. The number of amides is 3. The van der Waals surface area contributed by atoms with Gasteiger partial charge in [-0.05, 0) is 35.8 Å². The molecule has 0 atom stereocenters. The molecule has 3 amide bonds. The van der Waals surface area contributed by atoms with Gasteiger partial charge in [0.25, 0.3) is 17.6 Å². The monoisotopic (exact) mass is 374 g/mol. The quantitative estimate of drug-likeness (QED) is 0.609. The zero-order valence-electron chi connectivity index (χ0n) is 11.8. The maximum atomic E-state index is 12.3. The van der Waals surface area contributed by atoms with Gasteiger partial charge in [0, 0.05) is 16.5 Å². The van der Waals surface area contributed by atoms with E-state index in [-0.39, 0.29) is 12.1 Å². The fraction of sp³-hybridized carbons (Fsp3) is 0.125. The minimum atomic E-state index is -0.903. The lowest BCUT2D eigenvalue weighted by atomic mass is 10.0. The number of hydrogen-bond acceptors (Lipinski definition) is 4. The van der Waals surface area contributed by atoms with Crippen molar-refractivity contribution in [2.75, 3.05) is 0 Å². The van der Waals surface area contributed by atoms with Crippen LogP contribution in [0.15, 0.2) is 40.5 Å². The maximum Gasteiger partial charge on any atom is 0.296 e. The van der Waals surface area contributed by atoms with Crippen LogP contribution in [0.1, 0.15) is 17.5 Å². The van der Waals surface area contributed by atoms with Crippen LogP contribution in [0.25, 0.3) is 5.57 Å². The van der Waals surface area contributed by atoms with Gasteiger partial charge in [-0.25, -0.2) is 0 Å². The molecular weight excluding hydrogens is 364 g/mol. The van der Waals surface area contributed by atoms with Crippen LogP contribution < -0.4 is 10.6 Å². The highest BCUT2D eigenvalue weighted by atomic mass is 79.9. The molecule has 1 aromatic carbocycles. The Morgan fingerprint density at radius 3 is 2.65 bits per heavy atom. The normalized spacial score (nSPS) is 16.2. The minimum absolute atomic E-state index is 0.0198. The van der Waals surface area contributed by atoms with Crippen molar-refractivity contribution in [3.8, 4) is 0 Å². The lowest BCUT2D eigenvalue weighted by Crippen LogP contribution is -2.42. The summed E-state index contributed by atoms with van der Waals surface area (Å²) < 4.78 is 0.810. The van der Waals surface area contributed by atoms with E-state index < -0.39 is 23.5 Å². The summed E-state index contributed by atoms with van der Waals surface area (Å²) in [5, 5.41) is 4.34. The molecule has 0 saturated carbocycles. The average Bonchev–Trinajstić information content (AvgIpc) is 2.92. The topological polar surface area (TPSA) is 92.3 Å². The predicted octanol–water partition coefficient (Wildman–Crippen LogP) is 1.00. The van der Waals surface area contributed by atoms with Crippen molar-refractivity contribution in [3.05, 3.63) is 51.6 Å². The van der Waals surface area contributed by atoms with Crippen molar-refractivity contribution in [1.82, 2.24) is 10.6 Å². The van der Waals surface area contributed by atoms with Gasteiger partial charge in [0.05, 0.1) is 0 Å². The number of allylic oxidation sites excluding steroid dienone is 1. The number of imide groups is 1. The lowest BCUT2D eigenvalue weighted by molar-refractivity contribution is -0.135. The van der Waals surface area contributed by atoms with Gasteiger partial charge in [-0.2, -0.15) is 0 Å². The summed E-state index contributed by atoms with van der Waals surface area (Å²) >= 11 is 3.34. The lowest BCUT2D eigenvalue weighted by Gasteiger charge is -2.13. The Morgan fingerprint density at radius 1 is 1.13 bits per heavy atom. The number of ketones is 1. The van der Waals surface area contributed by atoms with Crippen LogP contribution in [-0.4, -0.2) is 23.5 Å². The summed E-state index contributed by atoms with van der Waals surface area (Å²) in [6, 6.07) is 5.54. The average molecular weight is 375 g/mol. The maximum absolute atomic E-state index is 12.3. The molecule has 1 aromatic rings. The smallest absolute Gasteiger partial charge is 0.296 e. The molecule has 3 rings (SSSR count). The van der Waals surface area contributed by atoms with Gasteiger partial charge in [-0.1, -0.05) is 28.1 Å². The summed E-state index contributed by atoms with van der Waals surface area (Å²) in [5.74, 6) is -2.78. The molecule has 2 aliphatic rings. The molecule has 1 aliphatic carbocycles. The van der Waals surface area contributed by atoms with E-state index >= 15 is 0 Å². The Labute approximate surface area is 139 Å². The molecule has 2 N–H and O–H groups in total. The molecule has 0 saturated heterocycles. The highest BCUT2D eigenvalue weighted by molar-refractivity contribution is 9.10. The molecule has 0 radical (unpaired) electrons. The molecule has 0 bridgehead atoms. The first-order chi connectivity index (χ1) is 11.0. The van der Waals surface area contributed by atoms with E-state index in [1.165, 1.54) is 6.08 Å². The summed E-state index contributed by atoms with van der Waals surface area (Å²) in [6.45, 7) is 0. The highest BCUT2D eigenvalue weighted by Gasteiger charge is 2.28. The van der Waals surface area contributed by atoms with Gasteiger partial charge < -0.3 is 5.32 Å². The second kappa shape index (κ2) is 5.92. The zero-order valence-corrected chi connectivity index (χ0v) is 13.4. The second-order valence-electron chi connectivity index (χ2n) is 5.11. The van der Waals surface area contributed by atoms with E-state index in [1.54, 1.807) is 12.1 Å². The highest BCUT2D eigenvalue weighted by Crippen LogP contribution is 2.30. The fourth-order valence-electron chi connectivity index (χ4n) is 2.46. The fourth-order valence-corrected chi connectivity index (χ4v) is 2.82. The summed E-state index contributed by atoms with van der Waals surface area (Å²) in [6.07, 6.45) is 3.54. The first-order valence-corrected chi connectivity index (χ1v) is 7.64. The molecule has 0 aromatic heterocycles. The van der Waals surface area contributed by atoms with Gasteiger partial charge in [0.15, 0.2) is 0 Å². The third-order valence-electron chi connectivity index (χ3n) is 3.58. The van der Waals surface area contributed by atoms with E-state index in [1.807, 2.05) is 12.1 Å². The minimum Gasteiger partial charge on any atom is -0.315 e. The number of nitrogens with one attached hydrogen (secondary N) is 2. The van der Waals surface area contributed by atoms with E-state index in [0.717, 1.165) is 10.0 Å². The molecule has 0 unspecified atom stereocenters.